The first-order valence-electron chi connectivity index (χ1n) is 9.08. The molecule has 4 rings (SSSR count). The maximum Gasteiger partial charge on any atom is 0.250 e. The van der Waals surface area contributed by atoms with Crippen LogP contribution in [-0.4, -0.2) is 26.3 Å². The molecule has 0 spiro atoms. The average molecular weight is 425 g/mol. The van der Waals surface area contributed by atoms with Gasteiger partial charge in [-0.15, -0.1) is 16.4 Å². The molecule has 0 radical (unpaired) electrons. The van der Waals surface area contributed by atoms with E-state index in [-0.39, 0.29) is 24.1 Å². The molecule has 8 heteroatoms. The van der Waals surface area contributed by atoms with Crippen LogP contribution in [0.25, 0.3) is 16.2 Å². The van der Waals surface area contributed by atoms with Crippen molar-refractivity contribution in [3.05, 3.63) is 70.6 Å². The number of rotatable bonds is 7. The van der Waals surface area contributed by atoms with Gasteiger partial charge >= 0.3 is 0 Å². The fourth-order valence-corrected chi connectivity index (χ4v) is 3.88. The van der Waals surface area contributed by atoms with E-state index < -0.39 is 0 Å². The smallest absolute Gasteiger partial charge is 0.250 e. The molecule has 1 amide bonds. The number of hydrogen-bond acceptors (Lipinski definition) is 5. The predicted octanol–water partition coefficient (Wildman–Crippen LogP) is 5.10. The van der Waals surface area contributed by atoms with E-state index in [0.29, 0.717) is 28.4 Å². The minimum absolute atomic E-state index is 0.0339. The van der Waals surface area contributed by atoms with Crippen molar-refractivity contribution in [2.45, 2.75) is 19.3 Å². The summed E-state index contributed by atoms with van der Waals surface area (Å²) in [5, 5.41) is 9.72. The lowest BCUT2D eigenvalue weighted by molar-refractivity contribution is -0.116. The molecule has 2 aromatic heterocycles. The Hall–Kier alpha value is -3.03. The summed E-state index contributed by atoms with van der Waals surface area (Å²) in [6.45, 7) is 0. The zero-order valence-corrected chi connectivity index (χ0v) is 16.9. The van der Waals surface area contributed by atoms with Gasteiger partial charge in [-0.2, -0.15) is 4.98 Å². The van der Waals surface area contributed by atoms with Crippen molar-refractivity contribution in [2.75, 3.05) is 5.32 Å². The third-order valence-electron chi connectivity index (χ3n) is 4.38. The Morgan fingerprint density at radius 2 is 1.79 bits per heavy atom. The highest BCUT2D eigenvalue weighted by Crippen LogP contribution is 2.27. The Morgan fingerprint density at radius 1 is 1.03 bits per heavy atom. The molecule has 2 heterocycles. The van der Waals surface area contributed by atoms with Gasteiger partial charge in [0.05, 0.1) is 5.69 Å². The standard InChI is InChI=1S/C21H17ClN4O2S/c22-16-11-9-14(10-12-16)17-13-29-21-24-20(25-26(17)21)23-19(28)8-4-7-18(27)15-5-2-1-3-6-15/h1-3,5-6,9-13H,4,7-8H2,(H,23,25,28). The number of nitrogens with zero attached hydrogens (tertiary/aromatic N) is 3. The molecule has 0 fully saturated rings. The molecule has 0 aliphatic heterocycles. The molecule has 0 unspecified atom stereocenters. The highest BCUT2D eigenvalue weighted by Gasteiger charge is 2.14. The van der Waals surface area contributed by atoms with Crippen LogP contribution < -0.4 is 5.32 Å². The quantitative estimate of drug-likeness (QED) is 0.418. The number of fused-ring (bicyclic) bond motifs is 1. The largest absolute Gasteiger partial charge is 0.294 e. The zero-order valence-electron chi connectivity index (χ0n) is 15.3. The number of benzene rings is 2. The SMILES string of the molecule is O=C(CCCC(=O)c1ccccc1)Nc1nc2scc(-c3ccc(Cl)cc3)n2n1. The summed E-state index contributed by atoms with van der Waals surface area (Å²) in [4.78, 5) is 29.3. The molecule has 4 aromatic rings. The molecule has 0 saturated carbocycles. The summed E-state index contributed by atoms with van der Waals surface area (Å²) >= 11 is 7.39. The lowest BCUT2D eigenvalue weighted by atomic mass is 10.1. The molecule has 0 aliphatic rings. The second-order valence-electron chi connectivity index (χ2n) is 6.45. The van der Waals surface area contributed by atoms with E-state index in [0.717, 1.165) is 11.3 Å². The molecular formula is C21H17ClN4O2S. The topological polar surface area (TPSA) is 76.4 Å². The number of carbonyl (C=O) groups is 2. The average Bonchev–Trinajstić information content (AvgIpc) is 3.29. The van der Waals surface area contributed by atoms with Crippen LogP contribution in [0.5, 0.6) is 0 Å². The summed E-state index contributed by atoms with van der Waals surface area (Å²) < 4.78 is 1.70. The molecule has 0 atom stereocenters. The molecular weight excluding hydrogens is 408 g/mol. The Kier molecular flexibility index (Phi) is 5.69. The van der Waals surface area contributed by atoms with Crippen LogP contribution in [0.2, 0.25) is 5.02 Å². The van der Waals surface area contributed by atoms with Crippen molar-refractivity contribution < 1.29 is 9.59 Å². The summed E-state index contributed by atoms with van der Waals surface area (Å²) in [5.41, 5.74) is 2.50. The minimum atomic E-state index is -0.211. The molecule has 0 bridgehead atoms. The second-order valence-corrected chi connectivity index (χ2v) is 7.72. The van der Waals surface area contributed by atoms with Crippen LogP contribution in [0.3, 0.4) is 0 Å². The number of halogens is 1. The normalized spacial score (nSPS) is 10.9. The van der Waals surface area contributed by atoms with Gasteiger partial charge in [0.15, 0.2) is 5.78 Å². The number of anilines is 1. The van der Waals surface area contributed by atoms with Crippen molar-refractivity contribution >= 4 is 45.5 Å². The molecule has 2 aromatic carbocycles. The van der Waals surface area contributed by atoms with E-state index in [1.807, 2.05) is 47.8 Å². The van der Waals surface area contributed by atoms with Gasteiger partial charge in [0.1, 0.15) is 0 Å². The van der Waals surface area contributed by atoms with E-state index >= 15 is 0 Å². The van der Waals surface area contributed by atoms with Crippen molar-refractivity contribution in [3.8, 4) is 11.3 Å². The van der Waals surface area contributed by atoms with Gasteiger partial charge in [-0.1, -0.05) is 54.1 Å². The Labute approximate surface area is 176 Å². The summed E-state index contributed by atoms with van der Waals surface area (Å²) in [6.07, 6.45) is 1.02. The van der Waals surface area contributed by atoms with Crippen LogP contribution in [0.1, 0.15) is 29.6 Å². The molecule has 0 aliphatic carbocycles. The number of thiazole rings is 1. The predicted molar refractivity (Wildman–Crippen MR) is 115 cm³/mol. The van der Waals surface area contributed by atoms with Crippen molar-refractivity contribution in [3.63, 3.8) is 0 Å². The first-order chi connectivity index (χ1) is 14.1. The Bertz CT molecular complexity index is 1150. The van der Waals surface area contributed by atoms with Crippen LogP contribution in [-0.2, 0) is 4.79 Å². The third-order valence-corrected chi connectivity index (χ3v) is 5.44. The van der Waals surface area contributed by atoms with E-state index in [9.17, 15) is 9.59 Å². The number of carbonyl (C=O) groups excluding carboxylic acids is 2. The number of nitrogens with one attached hydrogen (secondary N) is 1. The lowest BCUT2D eigenvalue weighted by Crippen LogP contribution is -2.13. The molecule has 146 valence electrons. The first-order valence-corrected chi connectivity index (χ1v) is 10.3. The van der Waals surface area contributed by atoms with Crippen molar-refractivity contribution in [1.82, 2.24) is 14.6 Å². The Morgan fingerprint density at radius 3 is 2.55 bits per heavy atom. The van der Waals surface area contributed by atoms with Gasteiger partial charge in [-0.05, 0) is 18.6 Å². The van der Waals surface area contributed by atoms with Gasteiger partial charge in [-0.3, -0.25) is 14.9 Å². The zero-order chi connectivity index (χ0) is 20.2. The number of hydrogen-bond donors (Lipinski definition) is 1. The molecule has 29 heavy (non-hydrogen) atoms. The van der Waals surface area contributed by atoms with Gasteiger partial charge in [-0.25, -0.2) is 4.52 Å². The maximum atomic E-state index is 12.2. The monoisotopic (exact) mass is 424 g/mol. The number of aromatic nitrogens is 3. The summed E-state index contributed by atoms with van der Waals surface area (Å²) in [7, 11) is 0. The van der Waals surface area contributed by atoms with Gasteiger partial charge < -0.3 is 0 Å². The van der Waals surface area contributed by atoms with E-state index in [1.54, 1.807) is 16.6 Å². The van der Waals surface area contributed by atoms with Crippen LogP contribution >= 0.6 is 22.9 Å². The first kappa shape index (κ1) is 19.3. The van der Waals surface area contributed by atoms with Gasteiger partial charge in [0.2, 0.25) is 16.8 Å². The molecule has 0 saturated heterocycles. The second kappa shape index (κ2) is 8.55. The van der Waals surface area contributed by atoms with E-state index in [2.05, 4.69) is 15.4 Å². The number of amides is 1. The Balaban J connectivity index is 1.36. The highest BCUT2D eigenvalue weighted by atomic mass is 35.5. The van der Waals surface area contributed by atoms with Gasteiger partial charge in [0.25, 0.3) is 0 Å². The van der Waals surface area contributed by atoms with E-state index in [4.69, 9.17) is 11.6 Å². The van der Waals surface area contributed by atoms with Crippen LogP contribution in [0.15, 0.2) is 60.0 Å². The van der Waals surface area contributed by atoms with Crippen molar-refractivity contribution in [1.29, 1.82) is 0 Å². The van der Waals surface area contributed by atoms with Crippen LogP contribution in [0.4, 0.5) is 5.95 Å². The van der Waals surface area contributed by atoms with E-state index in [1.165, 1.54) is 11.3 Å². The fraction of sp³-hybridized carbons (Fsp3) is 0.143. The number of Topliss-reactive ketones (excluding diaryl/α,β-unsaturated/α-hetero) is 1. The third kappa shape index (κ3) is 4.52. The van der Waals surface area contributed by atoms with Crippen molar-refractivity contribution in [2.24, 2.45) is 0 Å². The minimum Gasteiger partial charge on any atom is -0.294 e. The van der Waals surface area contributed by atoms with Crippen LogP contribution in [0, 0.1) is 0 Å². The molecule has 6 nitrogen and oxygen atoms in total. The molecule has 1 N–H and O–H groups in total. The van der Waals surface area contributed by atoms with Gasteiger partial charge in [0, 0.05) is 34.4 Å². The summed E-state index contributed by atoms with van der Waals surface area (Å²) in [5.74, 6) is 0.0789. The maximum absolute atomic E-state index is 12.2. The summed E-state index contributed by atoms with van der Waals surface area (Å²) in [6, 6.07) is 16.5. The lowest BCUT2D eigenvalue weighted by Gasteiger charge is -2.02. The highest BCUT2D eigenvalue weighted by molar-refractivity contribution is 7.15. The number of ketones is 1. The fourth-order valence-electron chi connectivity index (χ4n) is 2.92.